The van der Waals surface area contributed by atoms with Crippen LogP contribution in [0.2, 0.25) is 0 Å². The normalized spacial score (nSPS) is 11.9. The average molecular weight is 718 g/mol. The summed E-state index contributed by atoms with van der Waals surface area (Å²) in [4.78, 5) is 15.7. The van der Waals surface area contributed by atoms with Gasteiger partial charge in [0.05, 0.1) is 11.0 Å². The fourth-order valence-corrected chi connectivity index (χ4v) is 9.86. The van der Waals surface area contributed by atoms with Gasteiger partial charge in [0.2, 0.25) is 0 Å². The zero-order valence-corrected chi connectivity index (χ0v) is 31.6. The molecule has 10 heteroatoms. The Balaban J connectivity index is 1.19. The first-order chi connectivity index (χ1) is 26.9. The van der Waals surface area contributed by atoms with Crippen LogP contribution in [-0.2, 0) is 0 Å². The van der Waals surface area contributed by atoms with Gasteiger partial charge in [-0.05, 0) is 36.4 Å². The smallest absolute Gasteiger partial charge is 0.164 e. The maximum Gasteiger partial charge on any atom is 0.164 e. The molecule has 0 unspecified atom stereocenters. The monoisotopic (exact) mass is 718 g/mol. The fraction of sp³-hybridized carbons (Fsp3) is 0. The van der Waals surface area contributed by atoms with Gasteiger partial charge in [-0.3, -0.25) is 0 Å². The summed E-state index contributed by atoms with van der Waals surface area (Å²) >= 11 is 1.80. The third-order valence-corrected chi connectivity index (χ3v) is 12.6. The van der Waals surface area contributed by atoms with Crippen LogP contribution in [0, 0.1) is 0 Å². The van der Waals surface area contributed by atoms with Crippen LogP contribution in [0.5, 0.6) is 0 Å². The van der Waals surface area contributed by atoms with Gasteiger partial charge in [0, 0.05) is 64.1 Å². The molecular formula is C45H30B4N4OS. The van der Waals surface area contributed by atoms with Crippen LogP contribution in [0.3, 0.4) is 0 Å². The van der Waals surface area contributed by atoms with Crippen molar-refractivity contribution >= 4 is 128 Å². The lowest BCUT2D eigenvalue weighted by Gasteiger charge is -2.23. The highest BCUT2D eigenvalue weighted by Gasteiger charge is 2.25. The Hall–Kier alpha value is -6.37. The number of hydrogen-bond acceptors (Lipinski definition) is 5. The molecular weight excluding hydrogens is 688 g/mol. The number of fused-ring (bicyclic) bond motifs is 10. The Labute approximate surface area is 324 Å². The quantitative estimate of drug-likeness (QED) is 0.233. The molecule has 0 aliphatic rings. The first-order valence-electron chi connectivity index (χ1n) is 18.6. The van der Waals surface area contributed by atoms with Crippen molar-refractivity contribution in [2.45, 2.75) is 0 Å². The highest BCUT2D eigenvalue weighted by atomic mass is 32.1. The highest BCUT2D eigenvalue weighted by molar-refractivity contribution is 7.25. The minimum atomic E-state index is 0.654. The molecule has 11 rings (SSSR count). The predicted octanol–water partition coefficient (Wildman–Crippen LogP) is 5.27. The van der Waals surface area contributed by atoms with E-state index in [1.165, 1.54) is 47.3 Å². The molecule has 0 fully saturated rings. The van der Waals surface area contributed by atoms with Gasteiger partial charge in [-0.25, -0.2) is 15.0 Å². The standard InChI is InChI=1S/C45H30B4N4OS/c46-38-37(45-51-43(23-10-2-1-3-11-23)50-44(52-45)24-18-19-26-25-12-6-9-17-33(25)55-34(26)22-24)39(47)42(41(49)40(38)48)53-29-15-7-4-13-27(29)35-30(53)20-21-32-36(35)28-14-5-8-16-31(28)54-32/h1-22H,46-49H2. The van der Waals surface area contributed by atoms with Crippen LogP contribution in [0.15, 0.2) is 138 Å². The third kappa shape index (κ3) is 4.74. The molecule has 7 aromatic carbocycles. The number of benzene rings is 7. The van der Waals surface area contributed by atoms with Crippen molar-refractivity contribution in [3.8, 4) is 39.9 Å². The summed E-state index contributed by atoms with van der Waals surface area (Å²) in [5, 5.41) is 7.18. The van der Waals surface area contributed by atoms with Gasteiger partial charge >= 0.3 is 0 Å². The molecule has 0 saturated heterocycles. The fourth-order valence-electron chi connectivity index (χ4n) is 8.71. The van der Waals surface area contributed by atoms with E-state index in [1.807, 2.05) is 24.3 Å². The molecule has 254 valence electrons. The Morgan fingerprint density at radius 1 is 0.455 bits per heavy atom. The van der Waals surface area contributed by atoms with Gasteiger partial charge in [0.1, 0.15) is 42.6 Å². The molecule has 0 aliphatic heterocycles. The van der Waals surface area contributed by atoms with Crippen molar-refractivity contribution in [1.29, 1.82) is 0 Å². The Bertz CT molecular complexity index is 3390. The molecule has 0 radical (unpaired) electrons. The maximum absolute atomic E-state index is 6.39. The summed E-state index contributed by atoms with van der Waals surface area (Å²) in [5.74, 6) is 1.98. The molecule has 0 saturated carbocycles. The van der Waals surface area contributed by atoms with E-state index in [0.717, 1.165) is 60.8 Å². The van der Waals surface area contributed by atoms with Gasteiger partial charge in [-0.1, -0.05) is 119 Å². The Morgan fingerprint density at radius 3 is 1.96 bits per heavy atom. The first kappa shape index (κ1) is 32.1. The maximum atomic E-state index is 6.39. The van der Waals surface area contributed by atoms with Crippen molar-refractivity contribution in [1.82, 2.24) is 19.5 Å². The SMILES string of the molecule is Bc1c(B)c(-c2nc(-c3ccccc3)nc(-c3ccc4c(c3)sc3ccccc34)n2)c(B)c(-n2c3ccccc3c3c4c(ccc32)oc2ccccc24)c1B. The molecule has 55 heavy (non-hydrogen) atoms. The lowest BCUT2D eigenvalue weighted by molar-refractivity contribution is 0.669. The largest absolute Gasteiger partial charge is 0.456 e. The van der Waals surface area contributed by atoms with Crippen LogP contribution in [-0.4, -0.2) is 50.9 Å². The number of nitrogens with zero attached hydrogens (tertiary/aromatic N) is 4. The van der Waals surface area contributed by atoms with Gasteiger partial charge in [-0.15, -0.1) is 11.3 Å². The summed E-state index contributed by atoms with van der Waals surface area (Å²) in [6, 6.07) is 46.8. The first-order valence-corrected chi connectivity index (χ1v) is 19.4. The van der Waals surface area contributed by atoms with E-state index in [1.54, 1.807) is 11.3 Å². The van der Waals surface area contributed by atoms with Gasteiger partial charge in [-0.2, -0.15) is 0 Å². The molecule has 4 aromatic heterocycles. The van der Waals surface area contributed by atoms with Crippen LogP contribution in [0.4, 0.5) is 0 Å². The molecule has 0 aliphatic carbocycles. The second-order valence-corrected chi connectivity index (χ2v) is 15.6. The van der Waals surface area contributed by atoms with Crippen LogP contribution >= 0.6 is 11.3 Å². The van der Waals surface area contributed by atoms with Crippen molar-refractivity contribution in [3.63, 3.8) is 0 Å². The third-order valence-electron chi connectivity index (χ3n) is 11.5. The summed E-state index contributed by atoms with van der Waals surface area (Å²) in [5.41, 5.74) is 12.9. The summed E-state index contributed by atoms with van der Waals surface area (Å²) < 4.78 is 11.3. The molecule has 11 aromatic rings. The lowest BCUT2D eigenvalue weighted by atomic mass is 9.65. The number of hydrogen-bond donors (Lipinski definition) is 0. The molecule has 0 amide bonds. The van der Waals surface area contributed by atoms with Crippen molar-refractivity contribution in [3.05, 3.63) is 133 Å². The number of para-hydroxylation sites is 2. The van der Waals surface area contributed by atoms with E-state index < -0.39 is 0 Å². The number of thiophene rings is 1. The molecule has 4 heterocycles. The Morgan fingerprint density at radius 2 is 1.13 bits per heavy atom. The summed E-state index contributed by atoms with van der Waals surface area (Å²) in [7, 11) is 8.90. The van der Waals surface area contributed by atoms with Gasteiger partial charge in [0.15, 0.2) is 17.5 Å². The van der Waals surface area contributed by atoms with E-state index in [9.17, 15) is 0 Å². The van der Waals surface area contributed by atoms with Crippen molar-refractivity contribution < 1.29 is 4.42 Å². The second-order valence-electron chi connectivity index (χ2n) is 14.5. The van der Waals surface area contributed by atoms with Crippen molar-refractivity contribution in [2.24, 2.45) is 0 Å². The van der Waals surface area contributed by atoms with Gasteiger partial charge in [0.25, 0.3) is 0 Å². The van der Waals surface area contributed by atoms with Crippen LogP contribution in [0.1, 0.15) is 0 Å². The number of furan rings is 1. The van der Waals surface area contributed by atoms with Crippen LogP contribution < -0.4 is 21.9 Å². The summed E-state index contributed by atoms with van der Waals surface area (Å²) in [6.07, 6.45) is 0. The summed E-state index contributed by atoms with van der Waals surface area (Å²) in [6.45, 7) is 0. The predicted molar refractivity (Wildman–Crippen MR) is 243 cm³/mol. The minimum absolute atomic E-state index is 0.654. The minimum Gasteiger partial charge on any atom is -0.456 e. The van der Waals surface area contributed by atoms with E-state index in [0.29, 0.717) is 17.5 Å². The van der Waals surface area contributed by atoms with E-state index >= 15 is 0 Å². The van der Waals surface area contributed by atoms with E-state index in [4.69, 9.17) is 19.4 Å². The number of aromatic nitrogens is 4. The van der Waals surface area contributed by atoms with E-state index in [2.05, 4.69) is 145 Å². The lowest BCUT2D eigenvalue weighted by Crippen LogP contribution is -2.47. The van der Waals surface area contributed by atoms with Crippen LogP contribution in [0.25, 0.3) is 104 Å². The zero-order chi connectivity index (χ0) is 36.9. The van der Waals surface area contributed by atoms with E-state index in [-0.39, 0.29) is 0 Å². The molecule has 5 nitrogen and oxygen atoms in total. The molecule has 0 N–H and O–H groups in total. The zero-order valence-electron chi connectivity index (χ0n) is 30.8. The topological polar surface area (TPSA) is 56.7 Å². The second kappa shape index (κ2) is 12.1. The highest BCUT2D eigenvalue weighted by Crippen LogP contribution is 2.41. The average Bonchev–Trinajstić information content (AvgIpc) is 3.90. The Kier molecular flexibility index (Phi) is 7.04. The molecule has 0 spiro atoms. The number of rotatable bonds is 4. The van der Waals surface area contributed by atoms with Gasteiger partial charge < -0.3 is 8.98 Å². The van der Waals surface area contributed by atoms with Crippen molar-refractivity contribution in [2.75, 3.05) is 0 Å². The molecule has 0 atom stereocenters. The molecule has 0 bridgehead atoms.